The van der Waals surface area contributed by atoms with Crippen molar-refractivity contribution in [2.75, 3.05) is 4.72 Å². The number of anilines is 1. The number of hydrogen-bond acceptors (Lipinski definition) is 6. The number of hydrogen-bond donors (Lipinski definition) is 2. The number of aryl methyl sites for hydroxylation is 1. The van der Waals surface area contributed by atoms with Crippen LogP contribution in [0.2, 0.25) is 0 Å². The number of nitrogens with one attached hydrogen (secondary N) is 1. The van der Waals surface area contributed by atoms with E-state index in [4.69, 9.17) is 5.11 Å². The molecule has 2 rings (SSSR count). The molecule has 10 heteroatoms. The SMILES string of the molecule is Cn1ccnc1S(=O)(=O)Nc1nc(C(=O)O)cs1. The molecule has 0 bridgehead atoms. The number of carboxylic acids is 1. The van der Waals surface area contributed by atoms with Gasteiger partial charge in [0, 0.05) is 24.8 Å². The topological polar surface area (TPSA) is 114 Å². The first-order valence-corrected chi connectivity index (χ1v) is 6.95. The molecule has 2 aromatic rings. The van der Waals surface area contributed by atoms with Crippen LogP contribution in [-0.2, 0) is 17.1 Å². The van der Waals surface area contributed by atoms with E-state index >= 15 is 0 Å². The van der Waals surface area contributed by atoms with Gasteiger partial charge in [-0.2, -0.15) is 8.42 Å². The standard InChI is InChI=1S/C8H8N4O4S2/c1-12-3-2-9-8(12)18(15,16)11-7-10-5(4-17-7)6(13)14/h2-4H,1H3,(H,10,11)(H,13,14). The van der Waals surface area contributed by atoms with Crippen molar-refractivity contribution >= 4 is 32.5 Å². The molecule has 0 aliphatic carbocycles. The quantitative estimate of drug-likeness (QED) is 0.840. The minimum atomic E-state index is -3.86. The summed E-state index contributed by atoms with van der Waals surface area (Å²) < 4.78 is 27.3. The van der Waals surface area contributed by atoms with Gasteiger partial charge in [-0.15, -0.1) is 11.3 Å². The second-order valence-corrected chi connectivity index (χ2v) is 5.70. The third-order valence-electron chi connectivity index (χ3n) is 1.96. The molecule has 18 heavy (non-hydrogen) atoms. The molecule has 0 unspecified atom stereocenters. The van der Waals surface area contributed by atoms with E-state index in [1.165, 1.54) is 29.4 Å². The Kier molecular flexibility index (Phi) is 3.05. The molecule has 0 aliphatic rings. The van der Waals surface area contributed by atoms with Crippen molar-refractivity contribution in [2.24, 2.45) is 7.05 Å². The number of aromatic carboxylic acids is 1. The largest absolute Gasteiger partial charge is 0.476 e. The van der Waals surface area contributed by atoms with E-state index in [0.29, 0.717) is 0 Å². The fourth-order valence-electron chi connectivity index (χ4n) is 1.19. The van der Waals surface area contributed by atoms with Gasteiger partial charge in [-0.05, 0) is 0 Å². The summed E-state index contributed by atoms with van der Waals surface area (Å²) in [5.74, 6) is -1.21. The normalized spacial score (nSPS) is 11.4. The number of nitrogens with zero attached hydrogens (tertiary/aromatic N) is 3. The predicted octanol–water partition coefficient (Wildman–Crippen LogP) is 0.376. The summed E-state index contributed by atoms with van der Waals surface area (Å²) in [4.78, 5) is 17.9. The van der Waals surface area contributed by atoms with Crippen molar-refractivity contribution < 1.29 is 18.3 Å². The maximum atomic E-state index is 11.9. The minimum Gasteiger partial charge on any atom is -0.476 e. The van der Waals surface area contributed by atoms with Crippen molar-refractivity contribution in [3.63, 3.8) is 0 Å². The Bertz CT molecular complexity index is 688. The monoisotopic (exact) mass is 288 g/mol. The van der Waals surface area contributed by atoms with Crippen molar-refractivity contribution in [3.8, 4) is 0 Å². The lowest BCUT2D eigenvalue weighted by Crippen LogP contribution is -2.17. The maximum absolute atomic E-state index is 11.9. The van der Waals surface area contributed by atoms with Crippen LogP contribution in [0.15, 0.2) is 22.9 Å². The first kappa shape index (κ1) is 12.5. The Morgan fingerprint density at radius 1 is 1.56 bits per heavy atom. The number of sulfonamides is 1. The van der Waals surface area contributed by atoms with Gasteiger partial charge in [0.05, 0.1) is 0 Å². The van der Waals surface area contributed by atoms with Crippen LogP contribution in [0.3, 0.4) is 0 Å². The van der Waals surface area contributed by atoms with E-state index in [9.17, 15) is 13.2 Å². The van der Waals surface area contributed by atoms with Crippen molar-refractivity contribution in [1.82, 2.24) is 14.5 Å². The average Bonchev–Trinajstić information content (AvgIpc) is 2.86. The number of rotatable bonds is 4. The van der Waals surface area contributed by atoms with Crippen LogP contribution in [0.25, 0.3) is 0 Å². The molecule has 0 saturated heterocycles. The minimum absolute atomic E-state index is 0.0181. The summed E-state index contributed by atoms with van der Waals surface area (Å²) in [6.45, 7) is 0. The second kappa shape index (κ2) is 4.38. The van der Waals surface area contributed by atoms with Gasteiger partial charge in [-0.3, -0.25) is 4.72 Å². The maximum Gasteiger partial charge on any atom is 0.355 e. The Hall–Kier alpha value is -1.94. The molecule has 0 radical (unpaired) electrons. The molecule has 2 N–H and O–H groups in total. The molecule has 8 nitrogen and oxygen atoms in total. The van der Waals surface area contributed by atoms with E-state index in [-0.39, 0.29) is 16.0 Å². The van der Waals surface area contributed by atoms with Crippen LogP contribution in [-0.4, -0.2) is 34.0 Å². The molecule has 0 fully saturated rings. The highest BCUT2D eigenvalue weighted by molar-refractivity contribution is 7.92. The van der Waals surface area contributed by atoms with Gasteiger partial charge in [0.25, 0.3) is 10.0 Å². The number of carbonyl (C=O) groups is 1. The van der Waals surface area contributed by atoms with E-state index < -0.39 is 16.0 Å². The van der Waals surface area contributed by atoms with Crippen LogP contribution in [0.5, 0.6) is 0 Å². The van der Waals surface area contributed by atoms with E-state index in [2.05, 4.69) is 14.7 Å². The molecule has 0 aromatic carbocycles. The molecule has 0 aliphatic heterocycles. The van der Waals surface area contributed by atoms with E-state index in [0.717, 1.165) is 11.3 Å². The third kappa shape index (κ3) is 2.33. The highest BCUT2D eigenvalue weighted by Crippen LogP contribution is 2.19. The van der Waals surface area contributed by atoms with Gasteiger partial charge in [0.1, 0.15) is 0 Å². The van der Waals surface area contributed by atoms with Crippen LogP contribution < -0.4 is 4.72 Å². The molecular formula is C8H8N4O4S2. The van der Waals surface area contributed by atoms with Gasteiger partial charge >= 0.3 is 5.97 Å². The van der Waals surface area contributed by atoms with Crippen LogP contribution >= 0.6 is 11.3 Å². The Morgan fingerprint density at radius 3 is 2.78 bits per heavy atom. The second-order valence-electron chi connectivity index (χ2n) is 3.27. The summed E-state index contributed by atoms with van der Waals surface area (Å²) in [6.07, 6.45) is 2.83. The summed E-state index contributed by atoms with van der Waals surface area (Å²) in [5, 5.41) is 9.73. The molecule has 0 amide bonds. The number of aromatic nitrogens is 3. The van der Waals surface area contributed by atoms with Gasteiger partial charge in [0.2, 0.25) is 5.16 Å². The fourth-order valence-corrected chi connectivity index (χ4v) is 3.25. The zero-order chi connectivity index (χ0) is 13.3. The third-order valence-corrected chi connectivity index (χ3v) is 4.19. The average molecular weight is 288 g/mol. The summed E-state index contributed by atoms with van der Waals surface area (Å²) >= 11 is 0.889. The van der Waals surface area contributed by atoms with Crippen LogP contribution in [0, 0.1) is 0 Å². The number of imidazole rings is 1. The van der Waals surface area contributed by atoms with Crippen LogP contribution in [0.4, 0.5) is 5.13 Å². The van der Waals surface area contributed by atoms with E-state index in [1.54, 1.807) is 0 Å². The molecule has 0 spiro atoms. The molecule has 2 aromatic heterocycles. The molecule has 0 atom stereocenters. The molecule has 2 heterocycles. The van der Waals surface area contributed by atoms with Gasteiger partial charge in [-0.25, -0.2) is 14.8 Å². The smallest absolute Gasteiger partial charge is 0.355 e. The summed E-state index contributed by atoms with van der Waals surface area (Å²) in [7, 11) is -2.32. The van der Waals surface area contributed by atoms with Crippen molar-refractivity contribution in [3.05, 3.63) is 23.5 Å². The molecular weight excluding hydrogens is 280 g/mol. The highest BCUT2D eigenvalue weighted by atomic mass is 32.2. The lowest BCUT2D eigenvalue weighted by atomic mass is 10.5. The Labute approximate surface area is 106 Å². The zero-order valence-corrected chi connectivity index (χ0v) is 10.7. The zero-order valence-electron chi connectivity index (χ0n) is 9.06. The predicted molar refractivity (Wildman–Crippen MR) is 63.1 cm³/mol. The van der Waals surface area contributed by atoms with Gasteiger partial charge in [0.15, 0.2) is 10.8 Å². The van der Waals surface area contributed by atoms with Gasteiger partial charge < -0.3 is 9.67 Å². The van der Waals surface area contributed by atoms with Crippen LogP contribution in [0.1, 0.15) is 10.5 Å². The fraction of sp³-hybridized carbons (Fsp3) is 0.125. The lowest BCUT2D eigenvalue weighted by molar-refractivity contribution is 0.0691. The Morgan fingerprint density at radius 2 is 2.28 bits per heavy atom. The lowest BCUT2D eigenvalue weighted by Gasteiger charge is -2.03. The molecule has 0 saturated carbocycles. The first-order chi connectivity index (χ1) is 8.40. The Balaban J connectivity index is 2.28. The highest BCUT2D eigenvalue weighted by Gasteiger charge is 2.21. The summed E-state index contributed by atoms with van der Waals surface area (Å²) in [6, 6.07) is 0. The first-order valence-electron chi connectivity index (χ1n) is 4.59. The molecule has 96 valence electrons. The van der Waals surface area contributed by atoms with Crippen molar-refractivity contribution in [2.45, 2.75) is 5.16 Å². The number of carboxylic acid groups (broad SMARTS) is 1. The van der Waals surface area contributed by atoms with E-state index in [1.807, 2.05) is 0 Å². The number of thiazole rings is 1. The van der Waals surface area contributed by atoms with Gasteiger partial charge in [-0.1, -0.05) is 0 Å². The summed E-state index contributed by atoms with van der Waals surface area (Å²) in [5.41, 5.74) is -0.211. The van der Waals surface area contributed by atoms with Crippen molar-refractivity contribution in [1.29, 1.82) is 0 Å².